The van der Waals surface area contributed by atoms with Gasteiger partial charge in [0.25, 0.3) is 0 Å². The predicted molar refractivity (Wildman–Crippen MR) is 47.8 cm³/mol. The van der Waals surface area contributed by atoms with Crippen LogP contribution < -0.4 is 24.0 Å². The van der Waals surface area contributed by atoms with E-state index in [0.29, 0.717) is 11.8 Å². The molecule has 0 N–H and O–H groups in total. The van der Waals surface area contributed by atoms with Gasteiger partial charge < -0.3 is 28.5 Å². The van der Waals surface area contributed by atoms with E-state index in [1.165, 1.54) is 25.9 Å². The van der Waals surface area contributed by atoms with Crippen LogP contribution in [0.1, 0.15) is 32.1 Å². The number of carbonyl (C=O) groups excluding carboxylic acids is 1. The average Bonchev–Trinajstić information content (AvgIpc) is 2.04. The summed E-state index contributed by atoms with van der Waals surface area (Å²) in [5.41, 5.74) is 0. The van der Waals surface area contributed by atoms with Crippen LogP contribution in [0.15, 0.2) is 0 Å². The fraction of sp³-hybridized carbons (Fsp3) is 0.900. The van der Waals surface area contributed by atoms with Crippen molar-refractivity contribution in [3.8, 4) is 0 Å². The molecule has 2 aliphatic heterocycles. The number of fused-ring (bicyclic) bond motifs is 1. The summed E-state index contributed by atoms with van der Waals surface area (Å²) in [5.74, 6) is 0.531. The molecule has 2 heterocycles. The molecule has 0 bridgehead atoms. The molecular weight excluding hydrogens is 277 g/mol. The standard InChI is InChI=1S/C10H18NO.HI/c1-11-7-3-2-5-9(11)10(12)6-4-8-11;/h9H,2-8H2,1H3;1H/q+1;/p-1. The van der Waals surface area contributed by atoms with Crippen LogP contribution in [0.4, 0.5) is 0 Å². The Morgan fingerprint density at radius 1 is 1.23 bits per heavy atom. The van der Waals surface area contributed by atoms with E-state index < -0.39 is 0 Å². The molecule has 0 spiro atoms. The van der Waals surface area contributed by atoms with Crippen molar-refractivity contribution in [2.24, 2.45) is 0 Å². The SMILES string of the molecule is C[N+]12CCCCC1C(=O)CCC2.[I-]. The molecule has 2 saturated heterocycles. The summed E-state index contributed by atoms with van der Waals surface area (Å²) >= 11 is 0. The zero-order valence-electron chi connectivity index (χ0n) is 8.26. The minimum Gasteiger partial charge on any atom is -1.00 e. The maximum Gasteiger partial charge on any atom is 0.190 e. The smallest absolute Gasteiger partial charge is 0.190 e. The largest absolute Gasteiger partial charge is 1.00 e. The van der Waals surface area contributed by atoms with Gasteiger partial charge in [-0.05, 0) is 12.8 Å². The third-order valence-electron chi connectivity index (χ3n) is 3.61. The molecule has 0 radical (unpaired) electrons. The molecule has 2 rings (SSSR count). The van der Waals surface area contributed by atoms with Crippen LogP contribution >= 0.6 is 0 Å². The number of hydrogen-bond donors (Lipinski definition) is 0. The molecule has 2 fully saturated rings. The summed E-state index contributed by atoms with van der Waals surface area (Å²) < 4.78 is 1.05. The summed E-state index contributed by atoms with van der Waals surface area (Å²) in [6.07, 6.45) is 5.70. The van der Waals surface area contributed by atoms with Crippen molar-refractivity contribution in [1.29, 1.82) is 0 Å². The van der Waals surface area contributed by atoms with Crippen LogP contribution in [0.25, 0.3) is 0 Å². The third-order valence-corrected chi connectivity index (χ3v) is 3.61. The first kappa shape index (κ1) is 11.4. The summed E-state index contributed by atoms with van der Waals surface area (Å²) in [4.78, 5) is 11.6. The zero-order chi connectivity index (χ0) is 8.60. The number of carbonyl (C=O) groups is 1. The van der Waals surface area contributed by atoms with Crippen LogP contribution in [-0.4, -0.2) is 36.4 Å². The number of ketones is 1. The normalized spacial score (nSPS) is 39.2. The number of likely N-dealkylation sites (N-methyl/N-ethyl adjacent to an activating group) is 1. The maximum atomic E-state index is 11.6. The molecule has 0 aromatic carbocycles. The Hall–Kier alpha value is 0.360. The van der Waals surface area contributed by atoms with Crippen LogP contribution in [0.5, 0.6) is 0 Å². The van der Waals surface area contributed by atoms with Gasteiger partial charge in [0.1, 0.15) is 6.04 Å². The van der Waals surface area contributed by atoms with Gasteiger partial charge in [-0.2, -0.15) is 0 Å². The lowest BCUT2D eigenvalue weighted by Gasteiger charge is -2.46. The second-order valence-corrected chi connectivity index (χ2v) is 4.51. The predicted octanol–water partition coefficient (Wildman–Crippen LogP) is -1.65. The van der Waals surface area contributed by atoms with Gasteiger partial charge >= 0.3 is 0 Å². The Bertz CT molecular complexity index is 203. The van der Waals surface area contributed by atoms with Crippen molar-refractivity contribution in [3.63, 3.8) is 0 Å². The Kier molecular flexibility index (Phi) is 3.74. The van der Waals surface area contributed by atoms with Crippen molar-refractivity contribution in [2.45, 2.75) is 38.1 Å². The molecule has 0 saturated carbocycles. The number of halogens is 1. The van der Waals surface area contributed by atoms with Crippen LogP contribution in [-0.2, 0) is 4.79 Å². The third kappa shape index (κ3) is 2.06. The molecular formula is C10H18INO. The fourth-order valence-corrected chi connectivity index (χ4v) is 2.84. The molecule has 13 heavy (non-hydrogen) atoms. The number of piperidine rings is 2. The van der Waals surface area contributed by atoms with Gasteiger partial charge in [-0.15, -0.1) is 0 Å². The highest BCUT2D eigenvalue weighted by atomic mass is 127. The van der Waals surface area contributed by atoms with Gasteiger partial charge in [-0.1, -0.05) is 0 Å². The minimum absolute atomic E-state index is 0. The van der Waals surface area contributed by atoms with E-state index >= 15 is 0 Å². The highest BCUT2D eigenvalue weighted by Crippen LogP contribution is 2.29. The van der Waals surface area contributed by atoms with Crippen molar-refractivity contribution in [3.05, 3.63) is 0 Å². The average molecular weight is 295 g/mol. The lowest BCUT2D eigenvalue weighted by Crippen LogP contribution is -3.00. The molecule has 2 unspecified atom stereocenters. The Morgan fingerprint density at radius 3 is 2.62 bits per heavy atom. The van der Waals surface area contributed by atoms with Gasteiger partial charge in [0.15, 0.2) is 5.78 Å². The van der Waals surface area contributed by atoms with Gasteiger partial charge in [0, 0.05) is 19.3 Å². The van der Waals surface area contributed by atoms with Crippen molar-refractivity contribution >= 4 is 5.78 Å². The second kappa shape index (κ2) is 4.26. The Labute approximate surface area is 97.3 Å². The molecule has 2 nitrogen and oxygen atoms in total. The molecule has 0 aromatic heterocycles. The number of quaternary nitrogens is 1. The number of nitrogens with zero attached hydrogens (tertiary/aromatic N) is 1. The van der Waals surface area contributed by atoms with Gasteiger partial charge in [-0.3, -0.25) is 4.79 Å². The minimum atomic E-state index is 0. The van der Waals surface area contributed by atoms with Crippen molar-refractivity contribution < 1.29 is 33.3 Å². The number of hydrogen-bond acceptors (Lipinski definition) is 1. The molecule has 2 aliphatic rings. The maximum absolute atomic E-state index is 11.6. The number of Topliss-reactive ketones (excluding diaryl/α,β-unsaturated/α-hetero) is 1. The van der Waals surface area contributed by atoms with Crippen molar-refractivity contribution in [1.82, 2.24) is 0 Å². The Balaban J connectivity index is 0.000000845. The number of rotatable bonds is 0. The van der Waals surface area contributed by atoms with Crippen LogP contribution in [0, 0.1) is 0 Å². The van der Waals surface area contributed by atoms with Gasteiger partial charge in [-0.25, -0.2) is 0 Å². The van der Waals surface area contributed by atoms with E-state index in [1.54, 1.807) is 0 Å². The Morgan fingerprint density at radius 2 is 1.92 bits per heavy atom. The molecule has 0 amide bonds. The van der Waals surface area contributed by atoms with E-state index in [9.17, 15) is 4.79 Å². The van der Waals surface area contributed by atoms with Crippen molar-refractivity contribution in [2.75, 3.05) is 20.1 Å². The van der Waals surface area contributed by atoms with Gasteiger partial charge in [0.2, 0.25) is 0 Å². The molecule has 0 aromatic rings. The van der Waals surface area contributed by atoms with E-state index in [-0.39, 0.29) is 24.0 Å². The fourth-order valence-electron chi connectivity index (χ4n) is 2.84. The van der Waals surface area contributed by atoms with E-state index in [2.05, 4.69) is 7.05 Å². The topological polar surface area (TPSA) is 17.1 Å². The zero-order valence-corrected chi connectivity index (χ0v) is 10.4. The molecule has 3 heteroatoms. The molecule has 0 aliphatic carbocycles. The first-order valence-electron chi connectivity index (χ1n) is 5.09. The molecule has 2 atom stereocenters. The van der Waals surface area contributed by atoms with E-state index in [4.69, 9.17) is 0 Å². The lowest BCUT2D eigenvalue weighted by atomic mass is 9.89. The van der Waals surface area contributed by atoms with Crippen LogP contribution in [0.2, 0.25) is 0 Å². The summed E-state index contributed by atoms with van der Waals surface area (Å²) in [5, 5.41) is 0. The monoisotopic (exact) mass is 295 g/mol. The first-order valence-corrected chi connectivity index (χ1v) is 5.09. The van der Waals surface area contributed by atoms with Crippen LogP contribution in [0.3, 0.4) is 0 Å². The second-order valence-electron chi connectivity index (χ2n) is 4.51. The summed E-state index contributed by atoms with van der Waals surface area (Å²) in [6, 6.07) is 0.368. The van der Waals surface area contributed by atoms with Gasteiger partial charge in [0.05, 0.1) is 20.1 Å². The summed E-state index contributed by atoms with van der Waals surface area (Å²) in [7, 11) is 2.26. The highest BCUT2D eigenvalue weighted by Gasteiger charge is 2.42. The molecule has 76 valence electrons. The van der Waals surface area contributed by atoms with E-state index in [0.717, 1.165) is 23.7 Å². The summed E-state index contributed by atoms with van der Waals surface area (Å²) in [6.45, 7) is 2.47. The highest BCUT2D eigenvalue weighted by molar-refractivity contribution is 5.83. The lowest BCUT2D eigenvalue weighted by molar-refractivity contribution is -0.931. The van der Waals surface area contributed by atoms with E-state index in [1.807, 2.05) is 0 Å². The quantitative estimate of drug-likeness (QED) is 0.387. The first-order chi connectivity index (χ1) is 5.72.